The van der Waals surface area contributed by atoms with E-state index in [2.05, 4.69) is 25.3 Å². The number of esters is 1. The van der Waals surface area contributed by atoms with E-state index in [0.717, 1.165) is 48.3 Å². The highest BCUT2D eigenvalue weighted by Gasteiger charge is 2.24. The second-order valence-corrected chi connectivity index (χ2v) is 9.52. The standard InChI is InChI=1S/C24H25N5O3S/c1-14(2)31-24(30)20-11-18-12-29(13-21(18)33-20)9-8-26-23-19-10-17(22-27-15(3)32-28-22)5-4-16(19)6-7-25-23/h4-7,10-11,14H,8-9,12-13H2,1-3H3,(H,25,26). The van der Waals surface area contributed by atoms with Crippen LogP contribution in [-0.4, -0.2) is 45.2 Å². The highest BCUT2D eigenvalue weighted by atomic mass is 32.1. The van der Waals surface area contributed by atoms with Gasteiger partial charge in [-0.25, -0.2) is 9.78 Å². The lowest BCUT2D eigenvalue weighted by atomic mass is 10.1. The average molecular weight is 464 g/mol. The van der Waals surface area contributed by atoms with Gasteiger partial charge in [0.15, 0.2) is 0 Å². The molecule has 0 unspecified atom stereocenters. The summed E-state index contributed by atoms with van der Waals surface area (Å²) in [6, 6.07) is 10.0. The third kappa shape index (κ3) is 4.60. The fraction of sp³-hybridized carbons (Fsp3) is 0.333. The molecule has 33 heavy (non-hydrogen) atoms. The molecule has 0 saturated heterocycles. The van der Waals surface area contributed by atoms with Crippen molar-refractivity contribution in [2.45, 2.75) is 40.0 Å². The zero-order valence-corrected chi connectivity index (χ0v) is 19.6. The summed E-state index contributed by atoms with van der Waals surface area (Å²) in [6.07, 6.45) is 1.71. The molecule has 8 nitrogen and oxygen atoms in total. The number of aryl methyl sites for hydroxylation is 1. The fourth-order valence-corrected chi connectivity index (χ4v) is 5.06. The zero-order valence-electron chi connectivity index (χ0n) is 18.8. The molecule has 4 heterocycles. The first-order valence-corrected chi connectivity index (χ1v) is 11.8. The van der Waals surface area contributed by atoms with Gasteiger partial charge in [0.25, 0.3) is 0 Å². The van der Waals surface area contributed by atoms with Crippen LogP contribution in [0.4, 0.5) is 5.82 Å². The molecule has 0 atom stereocenters. The number of nitrogens with zero attached hydrogens (tertiary/aromatic N) is 4. The van der Waals surface area contributed by atoms with Crippen molar-refractivity contribution in [3.05, 3.63) is 57.7 Å². The topological polar surface area (TPSA) is 93.4 Å². The largest absolute Gasteiger partial charge is 0.459 e. The maximum Gasteiger partial charge on any atom is 0.348 e. The lowest BCUT2D eigenvalue weighted by Gasteiger charge is -2.16. The van der Waals surface area contributed by atoms with E-state index in [1.807, 2.05) is 50.4 Å². The summed E-state index contributed by atoms with van der Waals surface area (Å²) in [5, 5.41) is 9.62. The first kappa shape index (κ1) is 21.5. The number of carbonyl (C=O) groups excluding carboxylic acids is 1. The molecular formula is C24H25N5O3S. The van der Waals surface area contributed by atoms with Gasteiger partial charge in [0, 0.05) is 55.1 Å². The van der Waals surface area contributed by atoms with Gasteiger partial charge in [0.1, 0.15) is 10.7 Å². The zero-order chi connectivity index (χ0) is 22.9. The SMILES string of the molecule is Cc1nc(-c2ccc3ccnc(NCCN4Cc5cc(C(=O)OC(C)C)sc5C4)c3c2)no1. The Morgan fingerprint density at radius 3 is 2.91 bits per heavy atom. The van der Waals surface area contributed by atoms with Crippen LogP contribution in [0.3, 0.4) is 0 Å². The molecule has 1 N–H and O–H groups in total. The van der Waals surface area contributed by atoms with Crippen molar-refractivity contribution in [2.24, 2.45) is 0 Å². The van der Waals surface area contributed by atoms with Crippen molar-refractivity contribution in [1.29, 1.82) is 0 Å². The van der Waals surface area contributed by atoms with Crippen molar-refractivity contribution in [2.75, 3.05) is 18.4 Å². The lowest BCUT2D eigenvalue weighted by Crippen LogP contribution is -2.24. The van der Waals surface area contributed by atoms with Gasteiger partial charge in [0.2, 0.25) is 11.7 Å². The Morgan fingerprint density at radius 1 is 1.27 bits per heavy atom. The van der Waals surface area contributed by atoms with Crippen molar-refractivity contribution in [3.63, 3.8) is 0 Å². The molecule has 0 bridgehead atoms. The summed E-state index contributed by atoms with van der Waals surface area (Å²) in [4.78, 5) is 25.3. The summed E-state index contributed by atoms with van der Waals surface area (Å²) < 4.78 is 10.4. The van der Waals surface area contributed by atoms with E-state index in [4.69, 9.17) is 9.26 Å². The van der Waals surface area contributed by atoms with Gasteiger partial charge in [-0.05, 0) is 43.0 Å². The minimum atomic E-state index is -0.227. The first-order chi connectivity index (χ1) is 16.0. The van der Waals surface area contributed by atoms with Gasteiger partial charge >= 0.3 is 5.97 Å². The highest BCUT2D eigenvalue weighted by molar-refractivity contribution is 7.14. The second-order valence-electron chi connectivity index (χ2n) is 8.38. The monoisotopic (exact) mass is 463 g/mol. The number of thiophene rings is 1. The molecule has 0 saturated carbocycles. The van der Waals surface area contributed by atoms with E-state index in [0.29, 0.717) is 16.6 Å². The summed E-state index contributed by atoms with van der Waals surface area (Å²) in [5.41, 5.74) is 2.12. The molecule has 1 aliphatic heterocycles. The van der Waals surface area contributed by atoms with Crippen LogP contribution < -0.4 is 5.32 Å². The summed E-state index contributed by atoms with van der Waals surface area (Å²) in [7, 11) is 0. The van der Waals surface area contributed by atoms with Crippen LogP contribution in [-0.2, 0) is 17.8 Å². The number of hydrogen-bond donors (Lipinski definition) is 1. The number of hydrogen-bond acceptors (Lipinski definition) is 9. The van der Waals surface area contributed by atoms with Crippen molar-refractivity contribution >= 4 is 33.9 Å². The Morgan fingerprint density at radius 2 is 2.15 bits per heavy atom. The normalized spacial score (nSPS) is 13.6. The maximum absolute atomic E-state index is 12.1. The van der Waals surface area contributed by atoms with Gasteiger partial charge in [-0.3, -0.25) is 4.90 Å². The Balaban J connectivity index is 1.22. The number of fused-ring (bicyclic) bond motifs is 2. The van der Waals surface area contributed by atoms with Crippen molar-refractivity contribution in [3.8, 4) is 11.4 Å². The number of nitrogens with one attached hydrogen (secondary N) is 1. The Kier molecular flexibility index (Phi) is 5.82. The Hall–Kier alpha value is -3.30. The second kappa shape index (κ2) is 8.92. The molecule has 0 spiro atoms. The molecule has 0 amide bonds. The molecule has 0 radical (unpaired) electrons. The van der Waals surface area contributed by atoms with E-state index < -0.39 is 0 Å². The number of benzene rings is 1. The average Bonchev–Trinajstić information content (AvgIpc) is 3.48. The smallest absolute Gasteiger partial charge is 0.348 e. The van der Waals surface area contributed by atoms with Crippen LogP contribution in [0.15, 0.2) is 41.1 Å². The molecule has 4 aromatic rings. The highest BCUT2D eigenvalue weighted by Crippen LogP contribution is 2.32. The number of aromatic nitrogens is 3. The van der Waals surface area contributed by atoms with Crippen molar-refractivity contribution in [1.82, 2.24) is 20.0 Å². The quantitative estimate of drug-likeness (QED) is 0.396. The van der Waals surface area contributed by atoms with E-state index >= 15 is 0 Å². The number of pyridine rings is 1. The summed E-state index contributed by atoms with van der Waals surface area (Å²) in [6.45, 7) is 8.83. The van der Waals surface area contributed by atoms with Gasteiger partial charge in [-0.1, -0.05) is 17.3 Å². The van der Waals surface area contributed by atoms with E-state index in [9.17, 15) is 4.79 Å². The lowest BCUT2D eigenvalue weighted by molar-refractivity contribution is 0.0383. The number of rotatable bonds is 7. The molecule has 0 aliphatic carbocycles. The molecular weight excluding hydrogens is 438 g/mol. The van der Waals surface area contributed by atoms with Gasteiger partial charge < -0.3 is 14.6 Å². The van der Waals surface area contributed by atoms with Crippen LogP contribution >= 0.6 is 11.3 Å². The van der Waals surface area contributed by atoms with Crippen LogP contribution in [0.5, 0.6) is 0 Å². The van der Waals surface area contributed by atoms with Crippen LogP contribution in [0.25, 0.3) is 22.2 Å². The van der Waals surface area contributed by atoms with Crippen LogP contribution in [0, 0.1) is 6.92 Å². The van der Waals surface area contributed by atoms with Gasteiger partial charge in [0.05, 0.1) is 6.10 Å². The third-order valence-electron chi connectivity index (χ3n) is 5.47. The van der Waals surface area contributed by atoms with Gasteiger partial charge in [-0.15, -0.1) is 11.3 Å². The fourth-order valence-electron chi connectivity index (χ4n) is 3.96. The molecule has 1 aliphatic rings. The Labute approximate surface area is 195 Å². The summed E-state index contributed by atoms with van der Waals surface area (Å²) in [5.74, 6) is 1.72. The minimum Gasteiger partial charge on any atom is -0.459 e. The third-order valence-corrected chi connectivity index (χ3v) is 6.62. The number of ether oxygens (including phenoxy) is 1. The molecule has 1 aromatic carbocycles. The molecule has 5 rings (SSSR count). The van der Waals surface area contributed by atoms with Crippen molar-refractivity contribution < 1.29 is 14.1 Å². The van der Waals surface area contributed by atoms with Crippen LogP contribution in [0.1, 0.15) is 39.9 Å². The number of carbonyl (C=O) groups is 1. The predicted molar refractivity (Wildman–Crippen MR) is 127 cm³/mol. The van der Waals surface area contributed by atoms with E-state index in [1.165, 1.54) is 10.4 Å². The molecule has 3 aromatic heterocycles. The molecule has 0 fully saturated rings. The van der Waals surface area contributed by atoms with Gasteiger partial charge in [-0.2, -0.15) is 4.98 Å². The van der Waals surface area contributed by atoms with Crippen LogP contribution in [0.2, 0.25) is 0 Å². The number of anilines is 1. The summed E-state index contributed by atoms with van der Waals surface area (Å²) >= 11 is 1.54. The predicted octanol–water partition coefficient (Wildman–Crippen LogP) is 4.65. The molecule has 170 valence electrons. The first-order valence-electron chi connectivity index (χ1n) is 10.9. The minimum absolute atomic E-state index is 0.105. The molecule has 9 heteroatoms. The maximum atomic E-state index is 12.1. The van der Waals surface area contributed by atoms with E-state index in [-0.39, 0.29) is 12.1 Å². The Bertz CT molecular complexity index is 1290. The van der Waals surface area contributed by atoms with E-state index in [1.54, 1.807) is 18.3 Å².